The molecule has 0 saturated carbocycles. The molecule has 1 aromatic rings. The number of carbonyl (C=O) groups excluding carboxylic acids is 1. The fraction of sp³-hybridized carbons (Fsp3) is 0.364. The van der Waals surface area contributed by atoms with Gasteiger partial charge in [0.2, 0.25) is 0 Å². The summed E-state index contributed by atoms with van der Waals surface area (Å²) in [7, 11) is 0. The lowest BCUT2D eigenvalue weighted by Gasteiger charge is -2.07. The number of halogens is 4. The third-order valence-electron chi connectivity index (χ3n) is 1.95. The smallest absolute Gasteiger partial charge is 0.261 e. The van der Waals surface area contributed by atoms with Crippen LogP contribution in [0.2, 0.25) is 5.02 Å². The van der Waals surface area contributed by atoms with E-state index >= 15 is 0 Å². The quantitative estimate of drug-likeness (QED) is 0.807. The molecule has 100 valence electrons. The van der Waals surface area contributed by atoms with Crippen LogP contribution in [-0.2, 0) is 4.74 Å². The minimum Gasteiger partial charge on any atom is -0.374 e. The zero-order chi connectivity index (χ0) is 13.5. The Bertz CT molecular complexity index is 418. The molecule has 0 atom stereocenters. The number of amides is 1. The molecule has 0 fully saturated rings. The van der Waals surface area contributed by atoms with Gasteiger partial charge in [0, 0.05) is 16.0 Å². The summed E-state index contributed by atoms with van der Waals surface area (Å²) < 4.78 is 28.7. The molecular weight excluding hydrogens is 331 g/mol. The Morgan fingerprint density at radius 3 is 2.89 bits per heavy atom. The molecule has 1 amide bonds. The Kier molecular flexibility index (Phi) is 6.52. The van der Waals surface area contributed by atoms with Crippen molar-refractivity contribution in [1.82, 2.24) is 5.32 Å². The van der Waals surface area contributed by atoms with Crippen molar-refractivity contribution in [2.24, 2.45) is 0 Å². The minimum absolute atomic E-state index is 0.0360. The van der Waals surface area contributed by atoms with Crippen molar-refractivity contribution in [3.8, 4) is 0 Å². The van der Waals surface area contributed by atoms with Crippen LogP contribution >= 0.6 is 27.5 Å². The molecule has 3 nitrogen and oxygen atoms in total. The van der Waals surface area contributed by atoms with Gasteiger partial charge >= 0.3 is 0 Å². The second-order valence-electron chi connectivity index (χ2n) is 3.35. The number of rotatable bonds is 6. The average molecular weight is 343 g/mol. The van der Waals surface area contributed by atoms with E-state index in [-0.39, 0.29) is 19.1 Å². The highest BCUT2D eigenvalue weighted by atomic mass is 79.9. The summed E-state index contributed by atoms with van der Waals surface area (Å²) in [6.07, 6.45) is -2.50. The van der Waals surface area contributed by atoms with E-state index in [2.05, 4.69) is 26.0 Å². The number of benzene rings is 1. The summed E-state index contributed by atoms with van der Waals surface area (Å²) in [5.74, 6) is -0.343. The van der Waals surface area contributed by atoms with Crippen molar-refractivity contribution < 1.29 is 18.3 Å². The van der Waals surface area contributed by atoms with Gasteiger partial charge in [0.05, 0.1) is 12.2 Å². The highest BCUT2D eigenvalue weighted by Gasteiger charge is 2.10. The molecule has 1 rings (SSSR count). The van der Waals surface area contributed by atoms with Crippen LogP contribution in [0.15, 0.2) is 22.7 Å². The van der Waals surface area contributed by atoms with Gasteiger partial charge in [-0.25, -0.2) is 8.78 Å². The number of hydrogen-bond donors (Lipinski definition) is 1. The van der Waals surface area contributed by atoms with Crippen molar-refractivity contribution >= 4 is 33.4 Å². The van der Waals surface area contributed by atoms with Crippen molar-refractivity contribution in [3.63, 3.8) is 0 Å². The van der Waals surface area contributed by atoms with E-state index in [9.17, 15) is 13.6 Å². The first-order valence-corrected chi connectivity index (χ1v) is 6.27. The molecule has 0 unspecified atom stereocenters. The lowest BCUT2D eigenvalue weighted by molar-refractivity contribution is 0.0188. The molecule has 0 aromatic heterocycles. The van der Waals surface area contributed by atoms with E-state index < -0.39 is 13.0 Å². The summed E-state index contributed by atoms with van der Waals surface area (Å²) in [5.41, 5.74) is 0.386. The summed E-state index contributed by atoms with van der Waals surface area (Å²) in [6, 6.07) is 4.82. The first-order valence-electron chi connectivity index (χ1n) is 5.10. The number of ether oxygens (including phenoxy) is 1. The molecule has 1 aromatic carbocycles. The van der Waals surface area contributed by atoms with Crippen LogP contribution < -0.4 is 5.32 Å². The summed E-state index contributed by atoms with van der Waals surface area (Å²) >= 11 is 8.99. The Morgan fingerprint density at radius 1 is 1.50 bits per heavy atom. The molecule has 18 heavy (non-hydrogen) atoms. The van der Waals surface area contributed by atoms with E-state index in [4.69, 9.17) is 11.6 Å². The van der Waals surface area contributed by atoms with Crippen LogP contribution in [0.1, 0.15) is 10.4 Å². The van der Waals surface area contributed by atoms with Crippen LogP contribution in [0.25, 0.3) is 0 Å². The monoisotopic (exact) mass is 341 g/mol. The topological polar surface area (TPSA) is 38.3 Å². The number of hydrogen-bond acceptors (Lipinski definition) is 2. The number of nitrogens with one attached hydrogen (secondary N) is 1. The van der Waals surface area contributed by atoms with E-state index in [0.717, 1.165) is 0 Å². The first-order chi connectivity index (χ1) is 8.50. The molecule has 0 aliphatic rings. The first kappa shape index (κ1) is 15.3. The van der Waals surface area contributed by atoms with Crippen LogP contribution in [0.4, 0.5) is 8.78 Å². The van der Waals surface area contributed by atoms with Gasteiger partial charge in [-0.3, -0.25) is 4.79 Å². The summed E-state index contributed by atoms with van der Waals surface area (Å²) in [4.78, 5) is 11.7. The fourth-order valence-corrected chi connectivity index (χ4v) is 1.77. The lowest BCUT2D eigenvalue weighted by Crippen LogP contribution is -2.28. The van der Waals surface area contributed by atoms with Crippen LogP contribution in [0.5, 0.6) is 0 Å². The van der Waals surface area contributed by atoms with Crippen molar-refractivity contribution in [2.75, 3.05) is 19.8 Å². The summed E-state index contributed by atoms with van der Waals surface area (Å²) in [6.45, 7) is -0.435. The van der Waals surface area contributed by atoms with Gasteiger partial charge in [-0.15, -0.1) is 0 Å². The minimum atomic E-state index is -2.50. The van der Waals surface area contributed by atoms with Gasteiger partial charge < -0.3 is 10.1 Å². The molecule has 0 bridgehead atoms. The number of carbonyl (C=O) groups is 1. The standard InChI is InChI=1S/C11H11BrClF2NO2/c12-9-2-1-7(13)5-8(9)11(17)16-3-4-18-6-10(14)15/h1-2,5,10H,3-4,6H2,(H,16,17). The Balaban J connectivity index is 2.39. The fourth-order valence-electron chi connectivity index (χ4n) is 1.18. The van der Waals surface area contributed by atoms with E-state index in [0.29, 0.717) is 15.1 Å². The zero-order valence-corrected chi connectivity index (χ0v) is 11.6. The number of alkyl halides is 2. The molecule has 7 heteroatoms. The second-order valence-corrected chi connectivity index (χ2v) is 4.64. The largest absolute Gasteiger partial charge is 0.374 e. The van der Waals surface area contributed by atoms with Gasteiger partial charge in [-0.2, -0.15) is 0 Å². The second kappa shape index (κ2) is 7.66. The van der Waals surface area contributed by atoms with Crippen LogP contribution in [0.3, 0.4) is 0 Å². The molecule has 1 N–H and O–H groups in total. The van der Waals surface area contributed by atoms with Gasteiger partial charge in [-0.1, -0.05) is 11.6 Å². The molecule has 0 heterocycles. The van der Waals surface area contributed by atoms with Crippen molar-refractivity contribution in [3.05, 3.63) is 33.3 Å². The Labute approximate surface area is 117 Å². The lowest BCUT2D eigenvalue weighted by atomic mass is 10.2. The molecule has 0 saturated heterocycles. The SMILES string of the molecule is O=C(NCCOCC(F)F)c1cc(Cl)ccc1Br. The maximum absolute atomic E-state index is 11.7. The highest BCUT2D eigenvalue weighted by Crippen LogP contribution is 2.20. The highest BCUT2D eigenvalue weighted by molar-refractivity contribution is 9.10. The van der Waals surface area contributed by atoms with E-state index in [1.807, 2.05) is 0 Å². The van der Waals surface area contributed by atoms with Gasteiger partial charge in [0.25, 0.3) is 12.3 Å². The maximum atomic E-state index is 11.7. The Hall–Kier alpha value is -0.720. The molecule has 0 radical (unpaired) electrons. The zero-order valence-electron chi connectivity index (χ0n) is 9.26. The third-order valence-corrected chi connectivity index (χ3v) is 2.88. The van der Waals surface area contributed by atoms with E-state index in [1.165, 1.54) is 6.07 Å². The van der Waals surface area contributed by atoms with Gasteiger partial charge in [0.15, 0.2) is 0 Å². The normalized spacial score (nSPS) is 10.7. The molecular formula is C11H11BrClF2NO2. The average Bonchev–Trinajstić information content (AvgIpc) is 2.31. The predicted octanol–water partition coefficient (Wildman–Crippen LogP) is 3.11. The van der Waals surface area contributed by atoms with Crippen molar-refractivity contribution in [2.45, 2.75) is 6.43 Å². The maximum Gasteiger partial charge on any atom is 0.261 e. The molecule has 0 aliphatic carbocycles. The summed E-state index contributed by atoms with van der Waals surface area (Å²) in [5, 5.41) is 2.99. The van der Waals surface area contributed by atoms with Gasteiger partial charge in [0.1, 0.15) is 6.61 Å². The van der Waals surface area contributed by atoms with Crippen molar-refractivity contribution in [1.29, 1.82) is 0 Å². The predicted molar refractivity (Wildman–Crippen MR) is 68.3 cm³/mol. The van der Waals surface area contributed by atoms with Crippen LogP contribution in [0, 0.1) is 0 Å². The van der Waals surface area contributed by atoms with E-state index in [1.54, 1.807) is 12.1 Å². The molecule has 0 spiro atoms. The third kappa shape index (κ3) is 5.29. The molecule has 0 aliphatic heterocycles. The van der Waals surface area contributed by atoms with Crippen LogP contribution in [-0.4, -0.2) is 32.1 Å². The van der Waals surface area contributed by atoms with Gasteiger partial charge in [-0.05, 0) is 34.1 Å². The Morgan fingerprint density at radius 2 is 2.22 bits per heavy atom.